The Balaban J connectivity index is 1.97. The van der Waals surface area contributed by atoms with E-state index in [0.29, 0.717) is 11.4 Å². The normalized spacial score (nSPS) is 17.1. The molecular weight excluding hydrogens is 342 g/mol. The molecule has 1 atom stereocenters. The van der Waals surface area contributed by atoms with Crippen molar-refractivity contribution in [3.05, 3.63) is 48.0 Å². The van der Waals surface area contributed by atoms with E-state index < -0.39 is 27.8 Å². The van der Waals surface area contributed by atoms with E-state index in [0.717, 1.165) is 5.56 Å². The van der Waals surface area contributed by atoms with Crippen LogP contribution < -0.4 is 15.4 Å². The second-order valence-corrected chi connectivity index (χ2v) is 7.51. The lowest BCUT2D eigenvalue weighted by Crippen LogP contribution is -2.28. The molecule has 0 spiro atoms. The molecule has 2 aromatic rings. The van der Waals surface area contributed by atoms with Crippen molar-refractivity contribution < 1.29 is 18.0 Å². The summed E-state index contributed by atoms with van der Waals surface area (Å²) in [5, 5.41) is 5.18. The minimum atomic E-state index is -3.84. The van der Waals surface area contributed by atoms with Crippen molar-refractivity contribution in [2.75, 3.05) is 15.4 Å². The molecule has 7 nitrogen and oxygen atoms in total. The highest BCUT2D eigenvalue weighted by Gasteiger charge is 2.28. The van der Waals surface area contributed by atoms with Gasteiger partial charge in [0, 0.05) is 0 Å². The third kappa shape index (κ3) is 3.34. The van der Waals surface area contributed by atoms with E-state index in [1.54, 1.807) is 25.1 Å². The molecule has 8 heteroatoms. The van der Waals surface area contributed by atoms with Gasteiger partial charge in [0.25, 0.3) is 10.0 Å². The van der Waals surface area contributed by atoms with Gasteiger partial charge in [0.05, 0.1) is 22.0 Å². The molecule has 2 amide bonds. The van der Waals surface area contributed by atoms with Crippen molar-refractivity contribution in [1.82, 2.24) is 0 Å². The Kier molecular flexibility index (Phi) is 4.22. The Labute approximate surface area is 145 Å². The average molecular weight is 359 g/mol. The fourth-order valence-corrected chi connectivity index (χ4v) is 3.55. The average Bonchev–Trinajstić information content (AvgIpc) is 2.67. The zero-order chi connectivity index (χ0) is 18.2. The molecule has 0 unspecified atom stereocenters. The van der Waals surface area contributed by atoms with Crippen LogP contribution in [0.1, 0.15) is 12.5 Å². The summed E-state index contributed by atoms with van der Waals surface area (Å²) in [6.07, 6.45) is 0. The molecule has 0 aromatic heterocycles. The molecule has 0 bridgehead atoms. The number of sulfonamides is 1. The predicted octanol–water partition coefficient (Wildman–Crippen LogP) is 2.32. The summed E-state index contributed by atoms with van der Waals surface area (Å²) in [6.45, 7) is 3.28. The third-order valence-corrected chi connectivity index (χ3v) is 5.36. The van der Waals surface area contributed by atoms with E-state index in [9.17, 15) is 18.0 Å². The van der Waals surface area contributed by atoms with E-state index in [2.05, 4.69) is 15.4 Å². The van der Waals surface area contributed by atoms with E-state index in [1.807, 2.05) is 6.07 Å². The lowest BCUT2D eigenvalue weighted by molar-refractivity contribution is -0.128. The van der Waals surface area contributed by atoms with Crippen molar-refractivity contribution in [2.45, 2.75) is 18.7 Å². The molecule has 3 rings (SSSR count). The highest BCUT2D eigenvalue weighted by molar-refractivity contribution is 7.92. The number of anilines is 3. The highest BCUT2D eigenvalue weighted by atomic mass is 32.2. The first-order chi connectivity index (χ1) is 11.8. The highest BCUT2D eigenvalue weighted by Crippen LogP contribution is 2.30. The zero-order valence-electron chi connectivity index (χ0n) is 13.7. The molecule has 25 heavy (non-hydrogen) atoms. The number of hydrogen-bond donors (Lipinski definition) is 3. The molecule has 1 aliphatic rings. The first-order valence-corrected chi connectivity index (χ1v) is 9.10. The maximum absolute atomic E-state index is 12.6. The molecule has 1 aliphatic heterocycles. The summed E-state index contributed by atoms with van der Waals surface area (Å²) >= 11 is 0. The maximum Gasteiger partial charge on any atom is 0.261 e. The van der Waals surface area contributed by atoms with E-state index in [1.165, 1.54) is 25.1 Å². The summed E-state index contributed by atoms with van der Waals surface area (Å²) < 4.78 is 27.8. The molecule has 130 valence electrons. The molecule has 1 heterocycles. The van der Waals surface area contributed by atoms with Crippen LogP contribution in [0.2, 0.25) is 0 Å². The van der Waals surface area contributed by atoms with E-state index in [4.69, 9.17) is 0 Å². The first-order valence-electron chi connectivity index (χ1n) is 7.62. The number of amides is 2. The summed E-state index contributed by atoms with van der Waals surface area (Å²) in [5.74, 6) is -1.79. The molecule has 0 radical (unpaired) electrons. The van der Waals surface area contributed by atoms with Crippen LogP contribution in [0.15, 0.2) is 47.4 Å². The van der Waals surface area contributed by atoms with Crippen LogP contribution in [0.4, 0.5) is 17.1 Å². The van der Waals surface area contributed by atoms with Crippen LogP contribution in [-0.2, 0) is 19.6 Å². The number of aryl methyl sites for hydroxylation is 1. The Hall–Kier alpha value is -2.87. The van der Waals surface area contributed by atoms with Gasteiger partial charge in [-0.05, 0) is 43.7 Å². The SMILES string of the molecule is Cc1ccccc1NS(=O)(=O)c1ccc2c(c1)NC(=O)[C@@H](C)C(=O)N2. The molecule has 3 N–H and O–H groups in total. The van der Waals surface area contributed by atoms with Gasteiger partial charge < -0.3 is 10.6 Å². The Morgan fingerprint density at radius 1 is 0.960 bits per heavy atom. The lowest BCUT2D eigenvalue weighted by Gasteiger charge is -2.13. The van der Waals surface area contributed by atoms with Crippen LogP contribution in [0.5, 0.6) is 0 Å². The van der Waals surface area contributed by atoms with E-state index in [-0.39, 0.29) is 10.6 Å². The Morgan fingerprint density at radius 2 is 1.60 bits per heavy atom. The van der Waals surface area contributed by atoms with Gasteiger partial charge in [-0.25, -0.2) is 8.42 Å². The van der Waals surface area contributed by atoms with Gasteiger partial charge in [0.15, 0.2) is 0 Å². The standard InChI is InChI=1S/C17H17N3O4S/c1-10-5-3-4-6-13(10)20-25(23,24)12-7-8-14-15(9-12)19-17(22)11(2)16(21)18-14/h3-9,11,20H,1-2H3,(H,18,21)(H,19,22)/t11-/m0/s1. The van der Waals surface area contributed by atoms with E-state index >= 15 is 0 Å². The number of benzene rings is 2. The van der Waals surface area contributed by atoms with Crippen molar-refractivity contribution >= 4 is 38.9 Å². The summed E-state index contributed by atoms with van der Waals surface area (Å²) in [6, 6.07) is 11.2. The summed E-state index contributed by atoms with van der Waals surface area (Å²) in [5.41, 5.74) is 1.87. The Bertz CT molecular complexity index is 970. The van der Waals surface area contributed by atoms with Crippen LogP contribution in [0, 0.1) is 12.8 Å². The van der Waals surface area contributed by atoms with Crippen molar-refractivity contribution in [1.29, 1.82) is 0 Å². The summed E-state index contributed by atoms with van der Waals surface area (Å²) in [4.78, 5) is 23.8. The predicted molar refractivity (Wildman–Crippen MR) is 94.9 cm³/mol. The van der Waals surface area contributed by atoms with Crippen LogP contribution in [-0.4, -0.2) is 20.2 Å². The smallest absolute Gasteiger partial charge is 0.261 e. The molecular formula is C17H17N3O4S. The quantitative estimate of drug-likeness (QED) is 0.732. The first kappa shape index (κ1) is 17.0. The minimum Gasteiger partial charge on any atom is -0.324 e. The van der Waals surface area contributed by atoms with Gasteiger partial charge >= 0.3 is 0 Å². The van der Waals surface area contributed by atoms with Gasteiger partial charge in [-0.2, -0.15) is 0 Å². The number of para-hydroxylation sites is 1. The minimum absolute atomic E-state index is 0.0152. The van der Waals surface area contributed by atoms with Gasteiger partial charge in [-0.1, -0.05) is 18.2 Å². The fourth-order valence-electron chi connectivity index (χ4n) is 2.40. The Morgan fingerprint density at radius 3 is 2.28 bits per heavy atom. The lowest BCUT2D eigenvalue weighted by atomic mass is 10.1. The largest absolute Gasteiger partial charge is 0.324 e. The number of hydrogen-bond acceptors (Lipinski definition) is 4. The molecule has 0 saturated heterocycles. The molecule has 0 saturated carbocycles. The molecule has 0 aliphatic carbocycles. The van der Waals surface area contributed by atoms with Gasteiger partial charge in [-0.15, -0.1) is 0 Å². The number of carbonyl (C=O) groups is 2. The van der Waals surface area contributed by atoms with Crippen molar-refractivity contribution in [3.63, 3.8) is 0 Å². The molecule has 0 fully saturated rings. The van der Waals surface area contributed by atoms with Gasteiger partial charge in [-0.3, -0.25) is 14.3 Å². The van der Waals surface area contributed by atoms with Crippen LogP contribution >= 0.6 is 0 Å². The number of rotatable bonds is 3. The number of carbonyl (C=O) groups excluding carboxylic acids is 2. The molecule has 2 aromatic carbocycles. The maximum atomic E-state index is 12.6. The third-order valence-electron chi connectivity index (χ3n) is 3.99. The second kappa shape index (κ2) is 6.21. The number of nitrogens with one attached hydrogen (secondary N) is 3. The van der Waals surface area contributed by atoms with Crippen molar-refractivity contribution in [2.24, 2.45) is 5.92 Å². The fraction of sp³-hybridized carbons (Fsp3) is 0.176. The van der Waals surface area contributed by atoms with Crippen LogP contribution in [0.25, 0.3) is 0 Å². The van der Waals surface area contributed by atoms with Crippen molar-refractivity contribution in [3.8, 4) is 0 Å². The topological polar surface area (TPSA) is 104 Å². The summed E-state index contributed by atoms with van der Waals surface area (Å²) in [7, 11) is -3.84. The monoisotopic (exact) mass is 359 g/mol. The second-order valence-electron chi connectivity index (χ2n) is 5.83. The van der Waals surface area contributed by atoms with Gasteiger partial charge in [0.2, 0.25) is 11.8 Å². The zero-order valence-corrected chi connectivity index (χ0v) is 14.5. The van der Waals surface area contributed by atoms with Gasteiger partial charge in [0.1, 0.15) is 5.92 Å². The van der Waals surface area contributed by atoms with Crippen LogP contribution in [0.3, 0.4) is 0 Å². The number of fused-ring (bicyclic) bond motifs is 1.